The number of fused-ring (bicyclic) bond motifs is 1. The van der Waals surface area contributed by atoms with Crippen LogP contribution in [0.2, 0.25) is 0 Å². The summed E-state index contributed by atoms with van der Waals surface area (Å²) in [5.41, 5.74) is 30.1. The lowest BCUT2D eigenvalue weighted by Crippen LogP contribution is -2.58. The number of carbonyl (C=O) groups is 9. The third-order valence-electron chi connectivity index (χ3n) is 13.0. The minimum atomic E-state index is -1.47. The number of para-hydroxylation sites is 1. The van der Waals surface area contributed by atoms with Gasteiger partial charge in [-0.05, 0) is 81.4 Å². The van der Waals surface area contributed by atoms with Crippen molar-refractivity contribution in [3.63, 3.8) is 0 Å². The summed E-state index contributed by atoms with van der Waals surface area (Å²) >= 11 is 0. The molecule has 4 rings (SSSR count). The number of carbonyl (C=O) groups excluding carboxylic acids is 9. The molecule has 0 spiro atoms. The topological polar surface area (TPSA) is 401 Å². The van der Waals surface area contributed by atoms with Crippen LogP contribution in [0, 0.1) is 11.8 Å². The van der Waals surface area contributed by atoms with Gasteiger partial charge in [-0.15, -0.1) is 0 Å². The Bertz CT molecular complexity index is 2580. The van der Waals surface area contributed by atoms with E-state index >= 15 is 0 Å². The minimum absolute atomic E-state index is 0.0204. The number of hydrogen-bond donors (Lipinski definition) is 11. The van der Waals surface area contributed by atoms with Crippen LogP contribution in [0.25, 0.3) is 10.9 Å². The third kappa shape index (κ3) is 21.4. The zero-order valence-corrected chi connectivity index (χ0v) is 44.1. The van der Waals surface area contributed by atoms with Gasteiger partial charge in [-0.3, -0.25) is 57.3 Å². The number of ketones is 3. The average Bonchev–Trinajstić information content (AvgIpc) is 3.78. The summed E-state index contributed by atoms with van der Waals surface area (Å²) in [7, 11) is -1.47. The number of amides is 6. The Morgan fingerprint density at radius 1 is 0.724 bits per heavy atom. The van der Waals surface area contributed by atoms with Gasteiger partial charge in [0.05, 0.1) is 6.04 Å². The van der Waals surface area contributed by atoms with E-state index in [1.807, 2.05) is 24.3 Å². The fourth-order valence-electron chi connectivity index (χ4n) is 8.97. The second kappa shape index (κ2) is 31.4. The van der Waals surface area contributed by atoms with Crippen LogP contribution in [0.5, 0.6) is 0 Å². The zero-order valence-electron chi connectivity index (χ0n) is 43.3. The molecule has 3 aromatic rings. The SMILES string of the molecule is CC(=O)N[C@@H](CCCN=C(N)N)C(=O)N[C@H]1CCC(=O)CCCC[C@@H](C(N)=O)NC(=O)[C@H](Cc2c[nH]c3ccccc23)CC(=O)[C@H](CCCN=C(N)N)CC(=O)[C@@H](Cc2ccccc2)NC(=O)[C@H](CCS(C)=O)NC1=O. The van der Waals surface area contributed by atoms with Crippen molar-refractivity contribution in [3.05, 3.63) is 71.9 Å². The van der Waals surface area contributed by atoms with Crippen molar-refractivity contribution in [2.45, 2.75) is 133 Å². The first kappa shape index (κ1) is 61.1. The number of Topliss-reactive ketones (excluding diaryl/α,β-unsaturated/α-hetero) is 3. The molecular weight excluding hydrogens is 999 g/mol. The van der Waals surface area contributed by atoms with Crippen molar-refractivity contribution in [1.82, 2.24) is 31.6 Å². The van der Waals surface area contributed by atoms with Crippen LogP contribution in [0.3, 0.4) is 0 Å². The van der Waals surface area contributed by atoms with Crippen molar-refractivity contribution >= 4 is 86.4 Å². The molecule has 1 saturated heterocycles. The molecule has 1 fully saturated rings. The van der Waals surface area contributed by atoms with Crippen LogP contribution < -0.4 is 55.3 Å². The van der Waals surface area contributed by atoms with E-state index in [1.165, 1.54) is 13.2 Å². The van der Waals surface area contributed by atoms with Crippen LogP contribution in [0.1, 0.15) is 102 Å². The predicted octanol–water partition coefficient (Wildman–Crippen LogP) is -0.168. The number of aliphatic imine (C=N–C) groups is 2. The molecule has 8 atom stereocenters. The molecule has 0 saturated carbocycles. The average molecular weight is 1070 g/mol. The molecule has 414 valence electrons. The highest BCUT2D eigenvalue weighted by Crippen LogP contribution is 2.26. The molecule has 2 aromatic carbocycles. The van der Waals surface area contributed by atoms with Gasteiger partial charge in [-0.25, -0.2) is 0 Å². The van der Waals surface area contributed by atoms with E-state index < -0.39 is 106 Å². The molecule has 0 aliphatic carbocycles. The van der Waals surface area contributed by atoms with Crippen molar-refractivity contribution in [2.75, 3.05) is 25.1 Å². The van der Waals surface area contributed by atoms with Crippen LogP contribution in [0.4, 0.5) is 0 Å². The predicted molar refractivity (Wildman–Crippen MR) is 289 cm³/mol. The van der Waals surface area contributed by atoms with E-state index in [9.17, 15) is 47.4 Å². The molecule has 6 amide bonds. The lowest BCUT2D eigenvalue weighted by atomic mass is 9.83. The van der Waals surface area contributed by atoms with Crippen molar-refractivity contribution in [2.24, 2.45) is 50.5 Å². The third-order valence-corrected chi connectivity index (χ3v) is 13.8. The van der Waals surface area contributed by atoms with Crippen molar-refractivity contribution in [3.8, 4) is 0 Å². The summed E-state index contributed by atoms with van der Waals surface area (Å²) in [6, 6.07) is 9.68. The molecule has 1 aromatic heterocycles. The Balaban J connectivity index is 1.78. The molecule has 1 aliphatic heterocycles. The van der Waals surface area contributed by atoms with Crippen LogP contribution in [0.15, 0.2) is 70.8 Å². The lowest BCUT2D eigenvalue weighted by molar-refractivity contribution is -0.135. The van der Waals surface area contributed by atoms with E-state index in [0.29, 0.717) is 5.56 Å². The Morgan fingerprint density at radius 2 is 1.38 bits per heavy atom. The Morgan fingerprint density at radius 3 is 2.05 bits per heavy atom. The van der Waals surface area contributed by atoms with Gasteiger partial charge in [0, 0.05) is 97.4 Å². The van der Waals surface area contributed by atoms with Gasteiger partial charge in [-0.1, -0.05) is 55.0 Å². The number of nitrogens with two attached hydrogens (primary N) is 5. The summed E-state index contributed by atoms with van der Waals surface area (Å²) in [6.45, 7) is 1.45. The second-order valence-electron chi connectivity index (χ2n) is 19.2. The molecule has 76 heavy (non-hydrogen) atoms. The zero-order chi connectivity index (χ0) is 55.7. The Labute approximate surface area is 444 Å². The first-order valence-electron chi connectivity index (χ1n) is 25.5. The normalized spacial score (nSPS) is 21.7. The van der Waals surface area contributed by atoms with Gasteiger partial charge in [0.15, 0.2) is 17.7 Å². The first-order valence-corrected chi connectivity index (χ1v) is 27.3. The van der Waals surface area contributed by atoms with Gasteiger partial charge in [0.1, 0.15) is 35.7 Å². The summed E-state index contributed by atoms with van der Waals surface area (Å²) in [4.78, 5) is 136. The molecule has 23 nitrogen and oxygen atoms in total. The van der Waals surface area contributed by atoms with E-state index in [4.69, 9.17) is 28.7 Å². The van der Waals surface area contributed by atoms with Gasteiger partial charge in [0.25, 0.3) is 0 Å². The fraction of sp³-hybridized carbons (Fsp3) is 0.519. The summed E-state index contributed by atoms with van der Waals surface area (Å²) in [5, 5.41) is 14.2. The molecule has 1 unspecified atom stereocenters. The van der Waals surface area contributed by atoms with E-state index in [2.05, 4.69) is 41.6 Å². The van der Waals surface area contributed by atoms with E-state index in [0.717, 1.165) is 16.5 Å². The van der Waals surface area contributed by atoms with Crippen molar-refractivity contribution < 1.29 is 47.4 Å². The maximum atomic E-state index is 14.8. The smallest absolute Gasteiger partial charge is 0.243 e. The molecule has 16 N–H and O–H groups in total. The monoisotopic (exact) mass is 1070 g/mol. The highest BCUT2D eigenvalue weighted by Gasteiger charge is 2.35. The van der Waals surface area contributed by atoms with Crippen molar-refractivity contribution in [1.29, 1.82) is 0 Å². The summed E-state index contributed by atoms with van der Waals surface area (Å²) in [6.07, 6.45) is 2.95. The van der Waals surface area contributed by atoms with Crippen LogP contribution in [-0.2, 0) is 66.8 Å². The number of benzene rings is 2. The number of hydrogen-bond acceptors (Lipinski definition) is 12. The molecule has 0 bridgehead atoms. The summed E-state index contributed by atoms with van der Waals surface area (Å²) < 4.78 is 12.5. The van der Waals surface area contributed by atoms with Crippen LogP contribution in [-0.4, -0.2) is 129 Å². The standard InChI is InChI=1S/C52H75N13O10S/c1-31(66)61-40(19-11-24-59-52(56)57)48(72)63-41-21-20-36(67)15-6-8-18-39(46(53)70)62-47(71)34(27-35-30-60-38-17-9-7-16-37(35)38)29-44(68)33(14-10-23-58-51(54)55)28-45(69)43(26-32-12-4-3-5-13-32)65-50(74)42(64-49(41)73)22-25-76(2)75/h3-5,7,9,12-13,16-17,30,33-34,39-43,60H,6,8,10-11,14-15,18-29H2,1-2H3,(H2,53,70)(H,61,66)(H,62,71)(H,63,72)(H,64,73)(H,65,74)(H4,54,55,58)(H4,56,57,59)/t33-,34-,39+,40+,41+,42+,43-,76?/m1/s1. The van der Waals surface area contributed by atoms with E-state index in [1.54, 1.807) is 36.5 Å². The quantitative estimate of drug-likeness (QED) is 0.0422. The number of nitrogens with one attached hydrogen (secondary N) is 6. The number of aromatic amines is 1. The highest BCUT2D eigenvalue weighted by molar-refractivity contribution is 7.84. The van der Waals surface area contributed by atoms with Gasteiger partial charge in [-0.2, -0.15) is 0 Å². The van der Waals surface area contributed by atoms with Gasteiger partial charge >= 0.3 is 0 Å². The Kier molecular flexibility index (Phi) is 25.2. The lowest BCUT2D eigenvalue weighted by Gasteiger charge is -2.27. The number of primary amides is 1. The summed E-state index contributed by atoms with van der Waals surface area (Å²) in [5.74, 6) is -8.31. The first-order chi connectivity index (χ1) is 36.2. The number of nitrogens with zero attached hydrogens (tertiary/aromatic N) is 2. The van der Waals surface area contributed by atoms with Crippen LogP contribution >= 0.6 is 0 Å². The molecular formula is C52H75N13O10S. The molecule has 0 radical (unpaired) electrons. The Hall–Kier alpha value is -7.50. The molecule has 24 heteroatoms. The van der Waals surface area contributed by atoms with E-state index in [-0.39, 0.29) is 126 Å². The molecule has 2 heterocycles. The maximum Gasteiger partial charge on any atom is 0.243 e. The van der Waals surface area contributed by atoms with Gasteiger partial charge < -0.3 is 60.2 Å². The second-order valence-corrected chi connectivity index (χ2v) is 20.7. The van der Waals surface area contributed by atoms with Gasteiger partial charge in [0.2, 0.25) is 35.4 Å². The largest absolute Gasteiger partial charge is 0.370 e. The number of aromatic nitrogens is 1. The molecule has 1 aliphatic rings. The number of rotatable bonds is 19. The number of guanidine groups is 2. The number of H-pyrrole nitrogens is 1. The minimum Gasteiger partial charge on any atom is -0.370 e. The highest BCUT2D eigenvalue weighted by atomic mass is 32.2. The fourth-order valence-corrected chi connectivity index (χ4v) is 9.54. The maximum absolute atomic E-state index is 14.8.